The number of amides is 1. The Balaban J connectivity index is 1.79. The second-order valence-corrected chi connectivity index (χ2v) is 4.74. The number of carbonyl (C=O) groups excluding carboxylic acids is 1. The topological polar surface area (TPSA) is 38.3 Å². The molecule has 0 fully saturated rings. The van der Waals surface area contributed by atoms with Gasteiger partial charge in [-0.3, -0.25) is 4.79 Å². The van der Waals surface area contributed by atoms with Gasteiger partial charge in [0.05, 0.1) is 19.3 Å². The number of hydrogen-bond acceptors (Lipinski definition) is 2. The molecule has 2 rings (SSSR count). The molecule has 1 aromatic rings. The first-order valence-corrected chi connectivity index (χ1v) is 6.33. The average Bonchev–Trinajstić information content (AvgIpc) is 2.52. The van der Waals surface area contributed by atoms with Crippen molar-refractivity contribution in [3.05, 3.63) is 48.0 Å². The van der Waals surface area contributed by atoms with Gasteiger partial charge in [0.15, 0.2) is 0 Å². The van der Waals surface area contributed by atoms with Crippen LogP contribution in [-0.2, 0) is 16.1 Å². The quantitative estimate of drug-likeness (QED) is 0.826. The Bertz CT molecular complexity index is 414. The lowest BCUT2D eigenvalue weighted by Crippen LogP contribution is -2.35. The molecule has 0 radical (unpaired) electrons. The summed E-state index contributed by atoms with van der Waals surface area (Å²) in [5.41, 5.74) is 1.15. The fraction of sp³-hybridized carbons (Fsp3) is 0.400. The Kier molecular flexibility index (Phi) is 4.53. The van der Waals surface area contributed by atoms with Crippen LogP contribution in [-0.4, -0.2) is 18.6 Å². The maximum Gasteiger partial charge on any atom is 0.221 e. The van der Waals surface area contributed by atoms with Crippen LogP contribution in [0.4, 0.5) is 0 Å². The third-order valence-electron chi connectivity index (χ3n) is 2.93. The van der Waals surface area contributed by atoms with Crippen molar-refractivity contribution in [3.8, 4) is 0 Å². The fourth-order valence-electron chi connectivity index (χ4n) is 1.97. The summed E-state index contributed by atoms with van der Waals surface area (Å²) in [6.07, 6.45) is 4.67. The van der Waals surface area contributed by atoms with E-state index < -0.39 is 0 Å². The van der Waals surface area contributed by atoms with Crippen molar-refractivity contribution in [3.63, 3.8) is 0 Å². The third kappa shape index (κ3) is 4.00. The molecule has 0 saturated carbocycles. The van der Waals surface area contributed by atoms with Gasteiger partial charge in [0, 0.05) is 6.42 Å². The molecule has 0 bridgehead atoms. The van der Waals surface area contributed by atoms with Crippen molar-refractivity contribution in [2.24, 2.45) is 5.92 Å². The number of rotatable bonds is 4. The van der Waals surface area contributed by atoms with Crippen LogP contribution in [0.2, 0.25) is 0 Å². The number of carbonyl (C=O) groups is 1. The zero-order valence-corrected chi connectivity index (χ0v) is 10.6. The molecule has 1 amide bonds. The highest BCUT2D eigenvalue weighted by Crippen LogP contribution is 2.09. The van der Waals surface area contributed by atoms with E-state index in [1.165, 1.54) is 0 Å². The predicted molar refractivity (Wildman–Crippen MR) is 70.9 cm³/mol. The van der Waals surface area contributed by atoms with E-state index in [-0.39, 0.29) is 11.9 Å². The van der Waals surface area contributed by atoms with Crippen molar-refractivity contribution in [1.82, 2.24) is 5.32 Å². The van der Waals surface area contributed by atoms with Crippen molar-refractivity contribution < 1.29 is 9.53 Å². The summed E-state index contributed by atoms with van der Waals surface area (Å²) in [5.74, 6) is 0.407. The molecule has 1 aliphatic heterocycles. The number of ether oxygens (including phenoxy) is 1. The molecule has 1 aromatic carbocycles. The van der Waals surface area contributed by atoms with Gasteiger partial charge in [0.1, 0.15) is 0 Å². The Hall–Kier alpha value is -1.61. The number of hydrogen-bond donors (Lipinski definition) is 1. The molecule has 0 saturated heterocycles. The summed E-state index contributed by atoms with van der Waals surface area (Å²) in [6, 6.07) is 10.0. The summed E-state index contributed by atoms with van der Waals surface area (Å²) in [6.45, 7) is 3.14. The normalized spacial score (nSPS) is 23.5. The minimum Gasteiger partial charge on any atom is -0.374 e. The van der Waals surface area contributed by atoms with Gasteiger partial charge in [0.25, 0.3) is 0 Å². The molecule has 3 nitrogen and oxygen atoms in total. The fourth-order valence-corrected chi connectivity index (χ4v) is 1.97. The average molecular weight is 245 g/mol. The first kappa shape index (κ1) is 12.8. The first-order valence-electron chi connectivity index (χ1n) is 6.33. The summed E-state index contributed by atoms with van der Waals surface area (Å²) >= 11 is 0. The maximum absolute atomic E-state index is 11.5. The molecule has 3 heteroatoms. The summed E-state index contributed by atoms with van der Waals surface area (Å²) in [4.78, 5) is 11.5. The molecule has 0 spiro atoms. The van der Waals surface area contributed by atoms with E-state index >= 15 is 0 Å². The highest BCUT2D eigenvalue weighted by molar-refractivity contribution is 5.77. The van der Waals surface area contributed by atoms with Crippen LogP contribution in [0.1, 0.15) is 18.9 Å². The standard InChI is InChI=1S/C15H19NO2/c1-12-7-8-14(16-15(17)9-12)11-18-10-13-5-3-2-4-6-13/h2-8,12,14H,9-11H2,1H3,(H,16,17)/t12-,14+/m0/s1. The zero-order valence-electron chi connectivity index (χ0n) is 10.6. The zero-order chi connectivity index (χ0) is 12.8. The molecule has 2 atom stereocenters. The van der Waals surface area contributed by atoms with Crippen LogP contribution in [0.3, 0.4) is 0 Å². The second kappa shape index (κ2) is 6.36. The van der Waals surface area contributed by atoms with Crippen LogP contribution in [0, 0.1) is 5.92 Å². The summed E-state index contributed by atoms with van der Waals surface area (Å²) < 4.78 is 5.63. The Morgan fingerprint density at radius 1 is 1.28 bits per heavy atom. The van der Waals surface area contributed by atoms with Crippen LogP contribution < -0.4 is 5.32 Å². The number of nitrogens with one attached hydrogen (secondary N) is 1. The van der Waals surface area contributed by atoms with Gasteiger partial charge < -0.3 is 10.1 Å². The van der Waals surface area contributed by atoms with E-state index in [1.54, 1.807) is 0 Å². The minimum atomic E-state index is -0.00818. The van der Waals surface area contributed by atoms with Gasteiger partial charge in [0.2, 0.25) is 5.91 Å². The van der Waals surface area contributed by atoms with Gasteiger partial charge in [-0.2, -0.15) is 0 Å². The molecule has 0 aromatic heterocycles. The molecule has 18 heavy (non-hydrogen) atoms. The predicted octanol–water partition coefficient (Wildman–Crippen LogP) is 2.28. The monoisotopic (exact) mass is 245 g/mol. The Morgan fingerprint density at radius 3 is 2.83 bits per heavy atom. The first-order chi connectivity index (χ1) is 8.74. The van der Waals surface area contributed by atoms with Crippen LogP contribution >= 0.6 is 0 Å². The van der Waals surface area contributed by atoms with Crippen LogP contribution in [0.15, 0.2) is 42.5 Å². The molecule has 1 heterocycles. The van der Waals surface area contributed by atoms with E-state index in [0.717, 1.165) is 5.56 Å². The van der Waals surface area contributed by atoms with E-state index in [1.807, 2.05) is 43.3 Å². The second-order valence-electron chi connectivity index (χ2n) is 4.74. The minimum absolute atomic E-state index is 0.00818. The molecule has 1 N–H and O–H groups in total. The molecule has 96 valence electrons. The lowest BCUT2D eigenvalue weighted by molar-refractivity contribution is -0.122. The van der Waals surface area contributed by atoms with Crippen molar-refractivity contribution in [2.75, 3.05) is 6.61 Å². The van der Waals surface area contributed by atoms with Crippen molar-refractivity contribution in [2.45, 2.75) is 26.0 Å². The van der Waals surface area contributed by atoms with Gasteiger partial charge in [-0.1, -0.05) is 49.4 Å². The molecule has 0 aliphatic carbocycles. The van der Waals surface area contributed by atoms with E-state index in [9.17, 15) is 4.79 Å². The molecular weight excluding hydrogens is 226 g/mol. The highest BCUT2D eigenvalue weighted by atomic mass is 16.5. The molecule has 1 aliphatic rings. The van der Waals surface area contributed by atoms with Gasteiger partial charge in [-0.15, -0.1) is 0 Å². The van der Waals surface area contributed by atoms with Crippen molar-refractivity contribution >= 4 is 5.91 Å². The van der Waals surface area contributed by atoms with Gasteiger partial charge in [-0.05, 0) is 11.5 Å². The van der Waals surface area contributed by atoms with E-state index in [0.29, 0.717) is 25.6 Å². The van der Waals surface area contributed by atoms with Crippen LogP contribution in [0.5, 0.6) is 0 Å². The van der Waals surface area contributed by atoms with E-state index in [4.69, 9.17) is 4.74 Å². The smallest absolute Gasteiger partial charge is 0.221 e. The number of allylic oxidation sites excluding steroid dienone is 1. The van der Waals surface area contributed by atoms with E-state index in [2.05, 4.69) is 11.4 Å². The van der Waals surface area contributed by atoms with Crippen molar-refractivity contribution in [1.29, 1.82) is 0 Å². The molecular formula is C15H19NO2. The Morgan fingerprint density at radius 2 is 2.06 bits per heavy atom. The highest BCUT2D eigenvalue weighted by Gasteiger charge is 2.15. The largest absolute Gasteiger partial charge is 0.374 e. The third-order valence-corrected chi connectivity index (χ3v) is 2.93. The summed E-state index contributed by atoms with van der Waals surface area (Å²) in [5, 5.41) is 2.94. The summed E-state index contributed by atoms with van der Waals surface area (Å²) in [7, 11) is 0. The maximum atomic E-state index is 11.5. The lowest BCUT2D eigenvalue weighted by atomic mass is 10.1. The Labute approximate surface area is 108 Å². The van der Waals surface area contributed by atoms with Gasteiger partial charge >= 0.3 is 0 Å². The van der Waals surface area contributed by atoms with Gasteiger partial charge in [-0.25, -0.2) is 0 Å². The number of benzene rings is 1. The SMILES string of the molecule is C[C@H]1C=C[C@H](COCc2ccccc2)NC(=O)C1. The van der Waals surface area contributed by atoms with Crippen LogP contribution in [0.25, 0.3) is 0 Å². The molecule has 0 unspecified atom stereocenters. The lowest BCUT2D eigenvalue weighted by Gasteiger charge is -2.13.